The maximum Gasteiger partial charge on any atom is 0.257 e. The first-order chi connectivity index (χ1) is 16.3. The summed E-state index contributed by atoms with van der Waals surface area (Å²) < 4.78 is 0. The average Bonchev–Trinajstić information content (AvgIpc) is 2.84. The van der Waals surface area contributed by atoms with Gasteiger partial charge in [0.1, 0.15) is 11.6 Å². The van der Waals surface area contributed by atoms with Crippen molar-refractivity contribution in [2.24, 2.45) is 0 Å². The van der Waals surface area contributed by atoms with Gasteiger partial charge in [-0.1, -0.05) is 30.5 Å². The fourth-order valence-electron chi connectivity index (χ4n) is 3.61. The molecule has 1 aromatic carbocycles. The number of rotatable bonds is 5. The van der Waals surface area contributed by atoms with Crippen molar-refractivity contribution in [2.45, 2.75) is 0 Å². The van der Waals surface area contributed by atoms with E-state index in [2.05, 4.69) is 38.7 Å². The van der Waals surface area contributed by atoms with E-state index < -0.39 is 0 Å². The molecule has 0 bridgehead atoms. The quantitative estimate of drug-likeness (QED) is 0.428. The molecule has 176 valence electrons. The highest BCUT2D eigenvalue weighted by Gasteiger charge is 2.17. The molecule has 2 aromatic heterocycles. The van der Waals surface area contributed by atoms with Crippen molar-refractivity contribution in [3.8, 4) is 0 Å². The summed E-state index contributed by atoms with van der Waals surface area (Å²) in [5.41, 5.74) is 1.48. The molecule has 1 amide bonds. The third kappa shape index (κ3) is 5.55. The van der Waals surface area contributed by atoms with Crippen LogP contribution in [-0.4, -0.2) is 78.2 Å². The third-order valence-corrected chi connectivity index (χ3v) is 6.79. The standard InChI is InChI=1S/C25H29N7OS/c1-17(34-25(26)30(2)3)18-5-6-20-16-28-22(14-21(20)13-18)29-24(33)19-7-8-27-23(15-19)32-11-9-31(4)10-12-32/h5-8,13-16,26H,1,9-12H2,2-4H3,(H,28,29,33). The first-order valence-corrected chi connectivity index (χ1v) is 11.9. The molecule has 9 heteroatoms. The Morgan fingerprint density at radius 1 is 1.06 bits per heavy atom. The number of aromatic nitrogens is 2. The number of carbonyl (C=O) groups is 1. The first-order valence-electron chi connectivity index (χ1n) is 11.0. The lowest BCUT2D eigenvalue weighted by Crippen LogP contribution is -2.44. The number of piperazine rings is 1. The predicted octanol–water partition coefficient (Wildman–Crippen LogP) is 3.83. The number of thioether (sulfide) groups is 1. The monoisotopic (exact) mass is 475 g/mol. The van der Waals surface area contributed by atoms with Crippen molar-refractivity contribution in [2.75, 3.05) is 57.5 Å². The summed E-state index contributed by atoms with van der Waals surface area (Å²) in [7, 11) is 5.78. The highest BCUT2D eigenvalue weighted by molar-refractivity contribution is 8.21. The van der Waals surface area contributed by atoms with Gasteiger partial charge in [-0.05, 0) is 42.3 Å². The topological polar surface area (TPSA) is 88.5 Å². The molecule has 2 N–H and O–H groups in total. The number of nitrogens with one attached hydrogen (secondary N) is 2. The van der Waals surface area contributed by atoms with Gasteiger partial charge in [-0.3, -0.25) is 10.2 Å². The molecule has 0 saturated carbocycles. The Morgan fingerprint density at radius 3 is 2.56 bits per heavy atom. The lowest BCUT2D eigenvalue weighted by Gasteiger charge is -2.33. The van der Waals surface area contributed by atoms with E-state index in [9.17, 15) is 4.79 Å². The SMILES string of the molecule is C=C(SC(=N)N(C)C)c1ccc2cnc(NC(=O)c3ccnc(N4CCN(C)CC4)c3)cc2c1. The van der Waals surface area contributed by atoms with Crippen molar-refractivity contribution in [1.82, 2.24) is 19.8 Å². The van der Waals surface area contributed by atoms with Crippen molar-refractivity contribution in [3.63, 3.8) is 0 Å². The maximum atomic E-state index is 12.9. The van der Waals surface area contributed by atoms with Crippen molar-refractivity contribution < 1.29 is 4.79 Å². The Morgan fingerprint density at radius 2 is 1.82 bits per heavy atom. The third-order valence-electron chi connectivity index (χ3n) is 5.75. The van der Waals surface area contributed by atoms with E-state index in [0.29, 0.717) is 16.5 Å². The summed E-state index contributed by atoms with van der Waals surface area (Å²) >= 11 is 1.31. The second-order valence-corrected chi connectivity index (χ2v) is 9.59. The molecule has 3 heterocycles. The van der Waals surface area contributed by atoms with Crippen LogP contribution >= 0.6 is 11.8 Å². The Kier molecular flexibility index (Phi) is 7.14. The number of hydrogen-bond acceptors (Lipinski definition) is 7. The van der Waals surface area contributed by atoms with Crippen molar-refractivity contribution >= 4 is 50.2 Å². The van der Waals surface area contributed by atoms with E-state index >= 15 is 0 Å². The van der Waals surface area contributed by atoms with Crippen LogP contribution in [0.4, 0.5) is 11.6 Å². The second kappa shape index (κ2) is 10.2. The Balaban J connectivity index is 1.49. The van der Waals surface area contributed by atoms with Gasteiger partial charge in [0, 0.05) is 68.5 Å². The van der Waals surface area contributed by atoms with Gasteiger partial charge in [0.25, 0.3) is 5.91 Å². The summed E-state index contributed by atoms with van der Waals surface area (Å²) in [5, 5.41) is 13.3. The maximum absolute atomic E-state index is 12.9. The molecule has 1 aliphatic heterocycles. The molecule has 0 aliphatic carbocycles. The minimum absolute atomic E-state index is 0.222. The smallest absolute Gasteiger partial charge is 0.257 e. The van der Waals surface area contributed by atoms with Crippen LogP contribution in [0.5, 0.6) is 0 Å². The number of anilines is 2. The van der Waals surface area contributed by atoms with Gasteiger partial charge in [-0.15, -0.1) is 0 Å². The summed E-state index contributed by atoms with van der Waals surface area (Å²) in [6.07, 6.45) is 3.42. The van der Waals surface area contributed by atoms with Crippen LogP contribution in [0, 0.1) is 5.41 Å². The Bertz CT molecular complexity index is 1230. The summed E-state index contributed by atoms with van der Waals surface area (Å²) in [4.78, 5) is 28.8. The van der Waals surface area contributed by atoms with Gasteiger partial charge in [-0.25, -0.2) is 9.97 Å². The number of fused-ring (bicyclic) bond motifs is 1. The van der Waals surface area contributed by atoms with Crippen LogP contribution in [-0.2, 0) is 0 Å². The van der Waals surface area contributed by atoms with E-state index in [1.54, 1.807) is 23.4 Å². The lowest BCUT2D eigenvalue weighted by molar-refractivity contribution is 0.102. The van der Waals surface area contributed by atoms with Gasteiger partial charge in [0.2, 0.25) is 0 Å². The van der Waals surface area contributed by atoms with E-state index in [1.165, 1.54) is 11.8 Å². The number of benzene rings is 1. The van der Waals surface area contributed by atoms with E-state index in [0.717, 1.165) is 53.2 Å². The van der Waals surface area contributed by atoms with Gasteiger partial charge in [0.15, 0.2) is 5.17 Å². The number of likely N-dealkylation sites (N-methyl/N-ethyl adjacent to an activating group) is 1. The number of amidine groups is 1. The van der Waals surface area contributed by atoms with Crippen LogP contribution in [0.25, 0.3) is 15.7 Å². The number of carbonyl (C=O) groups excluding carboxylic acids is 1. The molecule has 3 aromatic rings. The molecule has 1 fully saturated rings. The van der Waals surface area contributed by atoms with E-state index in [1.807, 2.05) is 44.4 Å². The minimum Gasteiger partial charge on any atom is -0.358 e. The highest BCUT2D eigenvalue weighted by atomic mass is 32.2. The van der Waals surface area contributed by atoms with Crippen LogP contribution in [0.2, 0.25) is 0 Å². The van der Waals surface area contributed by atoms with Gasteiger partial charge in [0.05, 0.1) is 0 Å². The van der Waals surface area contributed by atoms with Crippen molar-refractivity contribution in [3.05, 3.63) is 66.5 Å². The molecular weight excluding hydrogens is 446 g/mol. The molecule has 4 rings (SSSR count). The van der Waals surface area contributed by atoms with E-state index in [-0.39, 0.29) is 5.91 Å². The largest absolute Gasteiger partial charge is 0.358 e. The average molecular weight is 476 g/mol. The molecule has 8 nitrogen and oxygen atoms in total. The zero-order chi connectivity index (χ0) is 24.2. The fourth-order valence-corrected chi connectivity index (χ4v) is 4.27. The lowest BCUT2D eigenvalue weighted by atomic mass is 10.1. The predicted molar refractivity (Wildman–Crippen MR) is 142 cm³/mol. The van der Waals surface area contributed by atoms with E-state index in [4.69, 9.17) is 5.41 Å². The molecule has 0 unspecified atom stereocenters. The molecule has 0 radical (unpaired) electrons. The number of amides is 1. The van der Waals surface area contributed by atoms with Gasteiger partial charge >= 0.3 is 0 Å². The fraction of sp³-hybridized carbons (Fsp3) is 0.280. The van der Waals surface area contributed by atoms with Crippen molar-refractivity contribution in [1.29, 1.82) is 5.41 Å². The van der Waals surface area contributed by atoms with Crippen LogP contribution in [0.3, 0.4) is 0 Å². The number of pyridine rings is 2. The Hall–Kier alpha value is -3.43. The summed E-state index contributed by atoms with van der Waals surface area (Å²) in [6.45, 7) is 7.84. The molecular formula is C25H29N7OS. The second-order valence-electron chi connectivity index (χ2n) is 8.50. The minimum atomic E-state index is -0.222. The molecule has 1 saturated heterocycles. The molecule has 34 heavy (non-hydrogen) atoms. The van der Waals surface area contributed by atoms with Crippen LogP contribution < -0.4 is 10.2 Å². The highest BCUT2D eigenvalue weighted by Crippen LogP contribution is 2.30. The Labute approximate surface area is 204 Å². The summed E-state index contributed by atoms with van der Waals surface area (Å²) in [6, 6.07) is 11.4. The normalized spacial score (nSPS) is 14.1. The molecule has 0 atom stereocenters. The van der Waals surface area contributed by atoms with Crippen LogP contribution in [0.1, 0.15) is 15.9 Å². The molecule has 0 spiro atoms. The molecule has 1 aliphatic rings. The van der Waals surface area contributed by atoms with Gasteiger partial charge in [-0.2, -0.15) is 0 Å². The zero-order valence-electron chi connectivity index (χ0n) is 19.7. The summed E-state index contributed by atoms with van der Waals surface area (Å²) in [5.74, 6) is 1.07. The first kappa shape index (κ1) is 23.7. The zero-order valence-corrected chi connectivity index (χ0v) is 20.5. The number of hydrogen-bond donors (Lipinski definition) is 2. The number of nitrogens with zero attached hydrogens (tertiary/aromatic N) is 5. The van der Waals surface area contributed by atoms with Gasteiger partial charge < -0.3 is 20.0 Å². The van der Waals surface area contributed by atoms with Crippen LogP contribution in [0.15, 0.2) is 55.4 Å².